The van der Waals surface area contributed by atoms with Crippen LogP contribution in [0.4, 0.5) is 5.69 Å². The molecule has 1 N–H and O–H groups in total. The topological polar surface area (TPSA) is 87.0 Å². The third-order valence-corrected chi connectivity index (χ3v) is 4.19. The number of benzene rings is 2. The molecule has 0 radical (unpaired) electrons. The third-order valence-electron chi connectivity index (χ3n) is 2.82. The van der Waals surface area contributed by atoms with Crippen molar-refractivity contribution in [3.05, 3.63) is 59.7 Å². The minimum absolute atomic E-state index is 0.0279. The summed E-state index contributed by atoms with van der Waals surface area (Å²) in [5, 5.41) is 8.82. The molecule has 0 atom stereocenters. The van der Waals surface area contributed by atoms with E-state index in [4.69, 9.17) is 5.26 Å². The van der Waals surface area contributed by atoms with Crippen LogP contribution >= 0.6 is 0 Å². The molecule has 6 heteroatoms. The van der Waals surface area contributed by atoms with Crippen LogP contribution in [0, 0.1) is 11.3 Å². The zero-order chi connectivity index (χ0) is 15.5. The Morgan fingerprint density at radius 2 is 1.86 bits per heavy atom. The smallest absolute Gasteiger partial charge is 0.261 e. The molecule has 106 valence electrons. The van der Waals surface area contributed by atoms with Crippen molar-refractivity contribution in [2.24, 2.45) is 0 Å². The fourth-order valence-electron chi connectivity index (χ4n) is 1.82. The van der Waals surface area contributed by atoms with Crippen molar-refractivity contribution in [3.8, 4) is 6.07 Å². The van der Waals surface area contributed by atoms with Crippen molar-refractivity contribution in [2.75, 3.05) is 4.72 Å². The van der Waals surface area contributed by atoms with Crippen molar-refractivity contribution in [3.63, 3.8) is 0 Å². The Labute approximate surface area is 122 Å². The van der Waals surface area contributed by atoms with E-state index in [0.29, 0.717) is 0 Å². The summed E-state index contributed by atoms with van der Waals surface area (Å²) in [6.45, 7) is 1.36. The third kappa shape index (κ3) is 3.27. The number of hydrogen-bond acceptors (Lipinski definition) is 4. The molecule has 0 unspecified atom stereocenters. The van der Waals surface area contributed by atoms with Gasteiger partial charge in [-0.1, -0.05) is 18.2 Å². The Kier molecular flexibility index (Phi) is 4.05. The van der Waals surface area contributed by atoms with Crippen LogP contribution in [0.5, 0.6) is 0 Å². The summed E-state index contributed by atoms with van der Waals surface area (Å²) in [6, 6.07) is 13.9. The van der Waals surface area contributed by atoms with E-state index in [2.05, 4.69) is 4.72 Å². The summed E-state index contributed by atoms with van der Waals surface area (Å²) in [4.78, 5) is 11.5. The molecule has 2 rings (SSSR count). The minimum Gasteiger partial charge on any atom is -0.294 e. The number of sulfonamides is 1. The maximum absolute atomic E-state index is 12.3. The van der Waals surface area contributed by atoms with Gasteiger partial charge in [0.2, 0.25) is 0 Å². The Balaban J connectivity index is 2.43. The van der Waals surface area contributed by atoms with E-state index in [-0.39, 0.29) is 27.5 Å². The second kappa shape index (κ2) is 5.77. The Morgan fingerprint density at radius 3 is 2.52 bits per heavy atom. The standard InChI is InChI=1S/C15H12N2O3S/c1-11(18)14-7-2-3-8-15(14)17-21(19,20)13-6-4-5-12(9-13)10-16/h2-9,17H,1H3. The largest absolute Gasteiger partial charge is 0.294 e. The quantitative estimate of drug-likeness (QED) is 0.879. The molecule has 0 amide bonds. The number of nitriles is 1. The van der Waals surface area contributed by atoms with Gasteiger partial charge in [-0.2, -0.15) is 5.26 Å². The van der Waals surface area contributed by atoms with Crippen molar-refractivity contribution < 1.29 is 13.2 Å². The molecular weight excluding hydrogens is 288 g/mol. The molecule has 0 aliphatic rings. The number of carbonyl (C=O) groups is 1. The van der Waals surface area contributed by atoms with Crippen LogP contribution < -0.4 is 4.72 Å². The fraction of sp³-hybridized carbons (Fsp3) is 0.0667. The summed E-state index contributed by atoms with van der Waals surface area (Å²) in [7, 11) is -3.86. The lowest BCUT2D eigenvalue weighted by molar-refractivity contribution is 0.101. The first kappa shape index (κ1) is 14.8. The summed E-state index contributed by atoms with van der Waals surface area (Å²) in [5.74, 6) is -0.237. The van der Waals surface area contributed by atoms with Gasteiger partial charge < -0.3 is 0 Å². The van der Waals surface area contributed by atoms with Crippen molar-refractivity contribution in [1.29, 1.82) is 5.26 Å². The number of anilines is 1. The molecule has 0 saturated carbocycles. The van der Waals surface area contributed by atoms with E-state index >= 15 is 0 Å². The van der Waals surface area contributed by atoms with Crippen LogP contribution in [0.15, 0.2) is 53.4 Å². The number of nitrogens with one attached hydrogen (secondary N) is 1. The van der Waals surface area contributed by atoms with E-state index < -0.39 is 10.0 Å². The van der Waals surface area contributed by atoms with E-state index in [1.54, 1.807) is 18.2 Å². The van der Waals surface area contributed by atoms with Crippen LogP contribution in [-0.4, -0.2) is 14.2 Å². The first-order valence-electron chi connectivity index (χ1n) is 6.07. The van der Waals surface area contributed by atoms with E-state index in [1.807, 2.05) is 6.07 Å². The van der Waals surface area contributed by atoms with Crippen molar-refractivity contribution >= 4 is 21.5 Å². The monoisotopic (exact) mass is 300 g/mol. The lowest BCUT2D eigenvalue weighted by atomic mass is 10.1. The highest BCUT2D eigenvalue weighted by atomic mass is 32.2. The molecule has 0 saturated heterocycles. The Bertz CT molecular complexity index is 836. The highest BCUT2D eigenvalue weighted by Crippen LogP contribution is 2.21. The number of carbonyl (C=O) groups excluding carboxylic acids is 1. The van der Waals surface area contributed by atoms with Gasteiger partial charge in [0.1, 0.15) is 0 Å². The number of Topliss-reactive ketones (excluding diaryl/α,β-unsaturated/α-hetero) is 1. The van der Waals surface area contributed by atoms with Crippen LogP contribution in [0.2, 0.25) is 0 Å². The van der Waals surface area contributed by atoms with Gasteiger partial charge in [-0.05, 0) is 37.3 Å². The molecule has 0 heterocycles. The zero-order valence-corrected chi connectivity index (χ0v) is 12.0. The average molecular weight is 300 g/mol. The second-order valence-corrected chi connectivity index (χ2v) is 6.03. The predicted octanol–water partition coefficient (Wildman–Crippen LogP) is 2.56. The number of hydrogen-bond donors (Lipinski definition) is 1. The molecule has 0 aliphatic carbocycles. The van der Waals surface area contributed by atoms with E-state index in [1.165, 1.54) is 37.3 Å². The molecular formula is C15H12N2O3S. The molecule has 2 aromatic rings. The first-order valence-corrected chi connectivity index (χ1v) is 7.55. The lowest BCUT2D eigenvalue weighted by Gasteiger charge is -2.11. The van der Waals surface area contributed by atoms with Crippen LogP contribution in [0.3, 0.4) is 0 Å². The van der Waals surface area contributed by atoms with E-state index in [9.17, 15) is 13.2 Å². The van der Waals surface area contributed by atoms with Gasteiger partial charge in [0.25, 0.3) is 10.0 Å². The zero-order valence-electron chi connectivity index (χ0n) is 11.2. The molecule has 0 fully saturated rings. The van der Waals surface area contributed by atoms with Gasteiger partial charge in [0, 0.05) is 5.56 Å². The molecule has 0 spiro atoms. The SMILES string of the molecule is CC(=O)c1ccccc1NS(=O)(=O)c1cccc(C#N)c1. The van der Waals surface area contributed by atoms with Gasteiger partial charge in [-0.15, -0.1) is 0 Å². The van der Waals surface area contributed by atoms with E-state index in [0.717, 1.165) is 0 Å². The van der Waals surface area contributed by atoms with Crippen molar-refractivity contribution in [2.45, 2.75) is 11.8 Å². The second-order valence-electron chi connectivity index (χ2n) is 4.35. The highest BCUT2D eigenvalue weighted by molar-refractivity contribution is 7.92. The van der Waals surface area contributed by atoms with Crippen LogP contribution in [-0.2, 0) is 10.0 Å². The Morgan fingerprint density at radius 1 is 1.14 bits per heavy atom. The summed E-state index contributed by atoms with van der Waals surface area (Å²) >= 11 is 0. The van der Waals surface area contributed by atoms with Gasteiger partial charge in [0.15, 0.2) is 5.78 Å². The minimum atomic E-state index is -3.86. The average Bonchev–Trinajstić information content (AvgIpc) is 2.47. The molecule has 2 aromatic carbocycles. The number of nitrogens with zero attached hydrogens (tertiary/aromatic N) is 1. The summed E-state index contributed by atoms with van der Waals surface area (Å²) < 4.78 is 27.0. The summed E-state index contributed by atoms with van der Waals surface area (Å²) in [6.07, 6.45) is 0. The highest BCUT2D eigenvalue weighted by Gasteiger charge is 2.17. The summed E-state index contributed by atoms with van der Waals surface area (Å²) in [5.41, 5.74) is 0.752. The number of para-hydroxylation sites is 1. The van der Waals surface area contributed by atoms with Gasteiger partial charge in [0.05, 0.1) is 22.2 Å². The first-order chi connectivity index (χ1) is 9.94. The number of rotatable bonds is 4. The molecule has 21 heavy (non-hydrogen) atoms. The van der Waals surface area contributed by atoms with Gasteiger partial charge >= 0.3 is 0 Å². The van der Waals surface area contributed by atoms with Gasteiger partial charge in [-0.25, -0.2) is 8.42 Å². The van der Waals surface area contributed by atoms with Gasteiger partial charge in [-0.3, -0.25) is 9.52 Å². The Hall–Kier alpha value is -2.65. The maximum Gasteiger partial charge on any atom is 0.261 e. The van der Waals surface area contributed by atoms with Crippen LogP contribution in [0.25, 0.3) is 0 Å². The fourth-order valence-corrected chi connectivity index (χ4v) is 2.94. The number of ketones is 1. The molecule has 5 nitrogen and oxygen atoms in total. The van der Waals surface area contributed by atoms with Crippen molar-refractivity contribution in [1.82, 2.24) is 0 Å². The normalized spacial score (nSPS) is 10.7. The molecule has 0 aromatic heterocycles. The predicted molar refractivity (Wildman–Crippen MR) is 78.4 cm³/mol. The maximum atomic E-state index is 12.3. The lowest BCUT2D eigenvalue weighted by Crippen LogP contribution is -2.15. The molecule has 0 aliphatic heterocycles. The van der Waals surface area contributed by atoms with Crippen LogP contribution in [0.1, 0.15) is 22.8 Å². The molecule has 0 bridgehead atoms.